The molecule has 94 valence electrons. The highest BCUT2D eigenvalue weighted by Gasteiger charge is 2.16. The summed E-state index contributed by atoms with van der Waals surface area (Å²) in [6.07, 6.45) is 2.41. The smallest absolute Gasteiger partial charge is 0.0568 e. The van der Waals surface area contributed by atoms with Gasteiger partial charge in [0.05, 0.1) is 18.0 Å². The second kappa shape index (κ2) is 5.27. The van der Waals surface area contributed by atoms with Crippen molar-refractivity contribution in [2.24, 2.45) is 5.92 Å². The largest absolute Gasteiger partial charge is 0.397 e. The SMILES string of the molecule is CN(CC1CCCOC1)c1ccc(N)c(N)c1. The molecule has 1 aliphatic heterocycles. The van der Waals surface area contributed by atoms with E-state index in [0.717, 1.165) is 25.4 Å². The maximum Gasteiger partial charge on any atom is 0.0568 e. The van der Waals surface area contributed by atoms with Crippen LogP contribution in [0.4, 0.5) is 17.1 Å². The molecule has 0 aliphatic carbocycles. The summed E-state index contributed by atoms with van der Waals surface area (Å²) < 4.78 is 5.49. The fraction of sp³-hybridized carbons (Fsp3) is 0.538. The first-order valence-corrected chi connectivity index (χ1v) is 6.10. The van der Waals surface area contributed by atoms with E-state index in [1.165, 1.54) is 12.8 Å². The van der Waals surface area contributed by atoms with Crippen LogP contribution < -0.4 is 16.4 Å². The van der Waals surface area contributed by atoms with Crippen molar-refractivity contribution >= 4 is 17.1 Å². The average Bonchev–Trinajstić information content (AvgIpc) is 2.34. The Kier molecular flexibility index (Phi) is 3.74. The quantitative estimate of drug-likeness (QED) is 0.783. The van der Waals surface area contributed by atoms with E-state index in [4.69, 9.17) is 16.2 Å². The molecule has 1 fully saturated rings. The summed E-state index contributed by atoms with van der Waals surface area (Å²) in [4.78, 5) is 2.22. The molecule has 0 spiro atoms. The summed E-state index contributed by atoms with van der Waals surface area (Å²) in [6.45, 7) is 2.78. The van der Waals surface area contributed by atoms with E-state index in [0.29, 0.717) is 17.3 Å². The monoisotopic (exact) mass is 235 g/mol. The third-order valence-electron chi connectivity index (χ3n) is 3.30. The zero-order valence-corrected chi connectivity index (χ0v) is 10.4. The topological polar surface area (TPSA) is 64.5 Å². The van der Waals surface area contributed by atoms with Gasteiger partial charge in [0.1, 0.15) is 0 Å². The summed E-state index contributed by atoms with van der Waals surface area (Å²) in [5.41, 5.74) is 13.9. The molecule has 0 amide bonds. The van der Waals surface area contributed by atoms with Gasteiger partial charge in [0.15, 0.2) is 0 Å². The molecule has 1 aromatic rings. The zero-order chi connectivity index (χ0) is 12.3. The van der Waals surface area contributed by atoms with E-state index in [2.05, 4.69) is 11.9 Å². The van der Waals surface area contributed by atoms with Gasteiger partial charge in [-0.05, 0) is 37.0 Å². The number of anilines is 3. The molecule has 1 heterocycles. The van der Waals surface area contributed by atoms with Crippen LogP contribution >= 0.6 is 0 Å². The lowest BCUT2D eigenvalue weighted by Crippen LogP contribution is -2.30. The van der Waals surface area contributed by atoms with Gasteiger partial charge in [0.2, 0.25) is 0 Å². The van der Waals surface area contributed by atoms with E-state index in [-0.39, 0.29) is 0 Å². The van der Waals surface area contributed by atoms with Crippen molar-refractivity contribution in [3.63, 3.8) is 0 Å². The summed E-state index contributed by atoms with van der Waals surface area (Å²) in [5.74, 6) is 0.618. The van der Waals surface area contributed by atoms with Gasteiger partial charge in [0, 0.05) is 25.9 Å². The fourth-order valence-electron chi connectivity index (χ4n) is 2.24. The lowest BCUT2D eigenvalue weighted by molar-refractivity contribution is 0.0576. The van der Waals surface area contributed by atoms with Gasteiger partial charge in [-0.2, -0.15) is 0 Å². The van der Waals surface area contributed by atoms with E-state index in [1.807, 2.05) is 18.2 Å². The number of nitrogen functional groups attached to an aromatic ring is 2. The Morgan fingerprint density at radius 3 is 2.82 bits per heavy atom. The van der Waals surface area contributed by atoms with Crippen molar-refractivity contribution in [1.29, 1.82) is 0 Å². The average molecular weight is 235 g/mol. The van der Waals surface area contributed by atoms with Crippen LogP contribution in [0.15, 0.2) is 18.2 Å². The van der Waals surface area contributed by atoms with Crippen molar-refractivity contribution in [2.45, 2.75) is 12.8 Å². The van der Waals surface area contributed by atoms with Crippen LogP contribution in [0.25, 0.3) is 0 Å². The minimum absolute atomic E-state index is 0.618. The highest BCUT2D eigenvalue weighted by atomic mass is 16.5. The Balaban J connectivity index is 1.98. The van der Waals surface area contributed by atoms with Crippen LogP contribution in [0.5, 0.6) is 0 Å². The second-order valence-electron chi connectivity index (χ2n) is 4.78. The van der Waals surface area contributed by atoms with Gasteiger partial charge in [-0.1, -0.05) is 0 Å². The van der Waals surface area contributed by atoms with Gasteiger partial charge in [-0.25, -0.2) is 0 Å². The van der Waals surface area contributed by atoms with Gasteiger partial charge in [-0.15, -0.1) is 0 Å². The Bertz CT molecular complexity index is 375. The zero-order valence-electron chi connectivity index (χ0n) is 10.4. The number of hydrogen-bond acceptors (Lipinski definition) is 4. The van der Waals surface area contributed by atoms with Gasteiger partial charge >= 0.3 is 0 Å². The van der Waals surface area contributed by atoms with Crippen LogP contribution in [-0.2, 0) is 4.74 Å². The Hall–Kier alpha value is -1.42. The normalized spacial score (nSPS) is 20.2. The summed E-state index contributed by atoms with van der Waals surface area (Å²) in [5, 5.41) is 0. The van der Waals surface area contributed by atoms with E-state index >= 15 is 0 Å². The highest BCUT2D eigenvalue weighted by molar-refractivity contribution is 5.69. The van der Waals surface area contributed by atoms with Crippen molar-refractivity contribution in [3.8, 4) is 0 Å². The molecule has 1 aromatic carbocycles. The van der Waals surface area contributed by atoms with Crippen molar-refractivity contribution in [2.75, 3.05) is 43.2 Å². The third kappa shape index (κ3) is 3.03. The van der Waals surface area contributed by atoms with Crippen LogP contribution in [0.3, 0.4) is 0 Å². The number of benzene rings is 1. The first-order chi connectivity index (χ1) is 8.16. The standard InChI is InChI=1S/C13H21N3O/c1-16(8-10-3-2-6-17-9-10)11-4-5-12(14)13(15)7-11/h4-5,7,10H,2-3,6,8-9,14-15H2,1H3. The summed E-state index contributed by atoms with van der Waals surface area (Å²) in [6, 6.07) is 5.80. The van der Waals surface area contributed by atoms with Crippen LogP contribution in [0, 0.1) is 5.92 Å². The Morgan fingerprint density at radius 2 is 2.18 bits per heavy atom. The molecule has 1 saturated heterocycles. The molecule has 1 unspecified atom stereocenters. The third-order valence-corrected chi connectivity index (χ3v) is 3.30. The molecule has 17 heavy (non-hydrogen) atoms. The predicted molar refractivity (Wildman–Crippen MR) is 72.1 cm³/mol. The van der Waals surface area contributed by atoms with E-state index < -0.39 is 0 Å². The molecule has 4 nitrogen and oxygen atoms in total. The van der Waals surface area contributed by atoms with Crippen molar-refractivity contribution in [1.82, 2.24) is 0 Å². The van der Waals surface area contributed by atoms with E-state index in [9.17, 15) is 0 Å². The number of nitrogens with zero attached hydrogens (tertiary/aromatic N) is 1. The minimum Gasteiger partial charge on any atom is -0.397 e. The molecule has 1 aliphatic rings. The van der Waals surface area contributed by atoms with Crippen LogP contribution in [0.2, 0.25) is 0 Å². The van der Waals surface area contributed by atoms with Gasteiger partial charge < -0.3 is 21.1 Å². The number of nitrogens with two attached hydrogens (primary N) is 2. The number of ether oxygens (including phenoxy) is 1. The van der Waals surface area contributed by atoms with E-state index in [1.54, 1.807) is 0 Å². The fourth-order valence-corrected chi connectivity index (χ4v) is 2.24. The predicted octanol–water partition coefficient (Wildman–Crippen LogP) is 1.71. The lowest BCUT2D eigenvalue weighted by atomic mass is 10.0. The highest BCUT2D eigenvalue weighted by Crippen LogP contribution is 2.24. The minimum atomic E-state index is 0.618. The second-order valence-corrected chi connectivity index (χ2v) is 4.78. The summed E-state index contributed by atoms with van der Waals surface area (Å²) >= 11 is 0. The first kappa shape index (κ1) is 12.0. The maximum atomic E-state index is 5.82. The van der Waals surface area contributed by atoms with Crippen molar-refractivity contribution in [3.05, 3.63) is 18.2 Å². The molecule has 0 bridgehead atoms. The molecule has 2 rings (SSSR count). The molecular weight excluding hydrogens is 214 g/mol. The molecular formula is C13H21N3O. The molecule has 0 radical (unpaired) electrons. The van der Waals surface area contributed by atoms with Crippen LogP contribution in [0.1, 0.15) is 12.8 Å². The number of hydrogen-bond donors (Lipinski definition) is 2. The van der Waals surface area contributed by atoms with Gasteiger partial charge in [0.25, 0.3) is 0 Å². The number of rotatable bonds is 3. The van der Waals surface area contributed by atoms with Gasteiger partial charge in [-0.3, -0.25) is 0 Å². The van der Waals surface area contributed by atoms with Crippen LogP contribution in [-0.4, -0.2) is 26.8 Å². The molecule has 0 aromatic heterocycles. The summed E-state index contributed by atoms with van der Waals surface area (Å²) in [7, 11) is 2.08. The maximum absolute atomic E-state index is 5.82. The molecule has 4 N–H and O–H groups in total. The lowest BCUT2D eigenvalue weighted by Gasteiger charge is -2.28. The van der Waals surface area contributed by atoms with Crippen molar-refractivity contribution < 1.29 is 4.74 Å². The Morgan fingerprint density at radius 1 is 1.35 bits per heavy atom. The Labute approximate surface area is 103 Å². The first-order valence-electron chi connectivity index (χ1n) is 6.10. The molecule has 0 saturated carbocycles. The molecule has 4 heteroatoms. The molecule has 1 atom stereocenters.